The minimum atomic E-state index is -4.52. The van der Waals surface area contributed by atoms with Crippen molar-refractivity contribution in [1.29, 1.82) is 0 Å². The van der Waals surface area contributed by atoms with Gasteiger partial charge in [0.2, 0.25) is 11.5 Å². The van der Waals surface area contributed by atoms with E-state index in [9.17, 15) is 22.8 Å². The third kappa shape index (κ3) is 5.55. The highest BCUT2D eigenvalue weighted by molar-refractivity contribution is 5.93. The first-order chi connectivity index (χ1) is 18.2. The zero-order valence-electron chi connectivity index (χ0n) is 20.5. The molecule has 2 aromatic heterocycles. The average Bonchev–Trinajstić information content (AvgIpc) is 2.88. The van der Waals surface area contributed by atoms with Crippen LogP contribution in [0.5, 0.6) is 11.5 Å². The van der Waals surface area contributed by atoms with Crippen molar-refractivity contribution in [3.63, 3.8) is 0 Å². The number of hydrogen-bond donors (Lipinski definition) is 3. The van der Waals surface area contributed by atoms with Gasteiger partial charge in [0, 0.05) is 30.4 Å². The number of nitrogens with one attached hydrogen (secondary N) is 3. The lowest BCUT2D eigenvalue weighted by atomic mass is 9.83. The van der Waals surface area contributed by atoms with Crippen molar-refractivity contribution < 1.29 is 22.7 Å². The summed E-state index contributed by atoms with van der Waals surface area (Å²) in [5.74, 6) is 0.379. The van der Waals surface area contributed by atoms with Crippen LogP contribution in [0, 0.1) is 5.92 Å². The zero-order chi connectivity index (χ0) is 26.9. The minimum absolute atomic E-state index is 0.126. The van der Waals surface area contributed by atoms with E-state index in [4.69, 9.17) is 4.74 Å². The van der Waals surface area contributed by atoms with E-state index in [-0.39, 0.29) is 23.7 Å². The van der Waals surface area contributed by atoms with E-state index >= 15 is 0 Å². The van der Waals surface area contributed by atoms with E-state index < -0.39 is 17.7 Å². The fourth-order valence-electron chi connectivity index (χ4n) is 4.75. The van der Waals surface area contributed by atoms with Gasteiger partial charge in [-0.1, -0.05) is 6.07 Å². The number of carbonyl (C=O) groups is 1. The Bertz CT molecular complexity index is 1570. The Morgan fingerprint density at radius 2 is 1.95 bits per heavy atom. The number of anilines is 1. The van der Waals surface area contributed by atoms with Crippen LogP contribution in [0.15, 0.2) is 65.6 Å². The number of alkyl halides is 3. The fourth-order valence-corrected chi connectivity index (χ4v) is 4.75. The van der Waals surface area contributed by atoms with Gasteiger partial charge in [-0.05, 0) is 85.5 Å². The lowest BCUT2D eigenvalue weighted by Gasteiger charge is -2.25. The molecule has 196 valence electrons. The Labute approximate surface area is 216 Å². The standard InChI is InChI=1S/C28H25F3N4O3/c1-32-15-16-10-20(28(29,30)31)14-21(11-16)34-27(37)18-3-2-17-4-5-22(13-19(17)12-18)38-24-8-9-33-26-23(24)6-7-25(36)35-26/h4-11,13-14,18,32H,2-3,12,15H2,1H3,(H,34,37)(H,33,35,36)/t18-/m0/s1. The quantitative estimate of drug-likeness (QED) is 0.324. The van der Waals surface area contributed by atoms with Crippen molar-refractivity contribution in [3.05, 3.63) is 93.4 Å². The van der Waals surface area contributed by atoms with Gasteiger partial charge in [-0.25, -0.2) is 4.98 Å². The highest BCUT2D eigenvalue weighted by Crippen LogP contribution is 2.34. The van der Waals surface area contributed by atoms with Crippen molar-refractivity contribution >= 4 is 22.6 Å². The van der Waals surface area contributed by atoms with Gasteiger partial charge in [-0.15, -0.1) is 0 Å². The highest BCUT2D eigenvalue weighted by atomic mass is 19.4. The lowest BCUT2D eigenvalue weighted by molar-refractivity contribution is -0.137. The van der Waals surface area contributed by atoms with E-state index in [1.807, 2.05) is 18.2 Å². The van der Waals surface area contributed by atoms with Gasteiger partial charge in [-0.2, -0.15) is 13.2 Å². The number of nitrogens with zero attached hydrogens (tertiary/aromatic N) is 1. The van der Waals surface area contributed by atoms with Gasteiger partial charge < -0.3 is 20.4 Å². The Balaban J connectivity index is 1.34. The number of benzene rings is 2. The fraction of sp³-hybridized carbons (Fsp3) is 0.250. The third-order valence-corrected chi connectivity index (χ3v) is 6.57. The van der Waals surface area contributed by atoms with Gasteiger partial charge in [-0.3, -0.25) is 9.59 Å². The Morgan fingerprint density at radius 1 is 1.11 bits per heavy atom. The van der Waals surface area contributed by atoms with Crippen molar-refractivity contribution in [2.45, 2.75) is 32.0 Å². The van der Waals surface area contributed by atoms with Crippen molar-refractivity contribution in [1.82, 2.24) is 15.3 Å². The molecule has 0 spiro atoms. The normalized spacial score (nSPS) is 15.2. The van der Waals surface area contributed by atoms with Crippen LogP contribution in [0.2, 0.25) is 0 Å². The van der Waals surface area contributed by atoms with E-state index in [0.717, 1.165) is 23.3 Å². The Kier molecular flexibility index (Phi) is 6.90. The largest absolute Gasteiger partial charge is 0.457 e. The first kappa shape index (κ1) is 25.5. The summed E-state index contributed by atoms with van der Waals surface area (Å²) in [5, 5.41) is 6.19. The zero-order valence-corrected chi connectivity index (χ0v) is 20.5. The van der Waals surface area contributed by atoms with Gasteiger partial charge in [0.1, 0.15) is 17.1 Å². The number of halogens is 3. The molecule has 2 heterocycles. The Morgan fingerprint density at radius 3 is 2.74 bits per heavy atom. The number of H-pyrrole nitrogens is 1. The number of rotatable bonds is 6. The number of pyridine rings is 2. The summed E-state index contributed by atoms with van der Waals surface area (Å²) in [7, 11) is 1.65. The van der Waals surface area contributed by atoms with Crippen LogP contribution in [0.25, 0.3) is 11.0 Å². The number of carbonyl (C=O) groups excluding carboxylic acids is 1. The molecular weight excluding hydrogens is 497 g/mol. The van der Waals surface area contributed by atoms with Crippen LogP contribution in [0.3, 0.4) is 0 Å². The van der Waals surface area contributed by atoms with Crippen LogP contribution >= 0.6 is 0 Å². The number of fused-ring (bicyclic) bond motifs is 2. The molecule has 0 saturated heterocycles. The molecule has 0 radical (unpaired) electrons. The number of amides is 1. The first-order valence-corrected chi connectivity index (χ1v) is 12.1. The van der Waals surface area contributed by atoms with E-state index in [1.54, 1.807) is 31.4 Å². The second-order valence-electron chi connectivity index (χ2n) is 9.30. The number of aryl methyl sites for hydroxylation is 1. The molecule has 1 atom stereocenters. The second-order valence-corrected chi connectivity index (χ2v) is 9.30. The number of aromatic amines is 1. The molecule has 1 amide bonds. The summed E-state index contributed by atoms with van der Waals surface area (Å²) in [6.07, 6.45) is -1.28. The molecule has 1 aliphatic carbocycles. The van der Waals surface area contributed by atoms with Gasteiger partial charge >= 0.3 is 6.18 Å². The second kappa shape index (κ2) is 10.3. The van der Waals surface area contributed by atoms with Crippen LogP contribution in [0.1, 0.15) is 28.7 Å². The molecule has 5 rings (SSSR count). The molecule has 1 aliphatic rings. The summed E-state index contributed by atoms with van der Waals surface area (Å²) in [6, 6.07) is 14.0. The van der Waals surface area contributed by atoms with E-state index in [0.29, 0.717) is 47.4 Å². The first-order valence-electron chi connectivity index (χ1n) is 12.1. The molecule has 0 fully saturated rings. The summed E-state index contributed by atoms with van der Waals surface area (Å²) >= 11 is 0. The predicted molar refractivity (Wildman–Crippen MR) is 137 cm³/mol. The molecule has 4 aromatic rings. The van der Waals surface area contributed by atoms with E-state index in [2.05, 4.69) is 20.6 Å². The van der Waals surface area contributed by atoms with Crippen LogP contribution in [0.4, 0.5) is 18.9 Å². The number of ether oxygens (including phenoxy) is 1. The smallest absolute Gasteiger partial charge is 0.416 e. The van der Waals surface area contributed by atoms with Gasteiger partial charge in [0.15, 0.2) is 0 Å². The lowest BCUT2D eigenvalue weighted by Crippen LogP contribution is -2.28. The molecular formula is C28H25F3N4O3. The van der Waals surface area contributed by atoms with Gasteiger partial charge in [0.25, 0.3) is 0 Å². The molecule has 0 aliphatic heterocycles. The molecule has 7 nitrogen and oxygen atoms in total. The van der Waals surface area contributed by atoms with Crippen molar-refractivity contribution in [2.75, 3.05) is 12.4 Å². The molecule has 0 unspecified atom stereocenters. The average molecular weight is 523 g/mol. The maximum absolute atomic E-state index is 13.4. The summed E-state index contributed by atoms with van der Waals surface area (Å²) in [5.41, 5.74) is 1.95. The number of aromatic nitrogens is 2. The van der Waals surface area contributed by atoms with Crippen LogP contribution in [-0.2, 0) is 30.4 Å². The molecule has 10 heteroatoms. The maximum atomic E-state index is 13.4. The number of hydrogen-bond acceptors (Lipinski definition) is 5. The molecule has 0 bridgehead atoms. The summed E-state index contributed by atoms with van der Waals surface area (Å²) < 4.78 is 46.2. The highest BCUT2D eigenvalue weighted by Gasteiger charge is 2.32. The monoisotopic (exact) mass is 522 g/mol. The van der Waals surface area contributed by atoms with Crippen LogP contribution < -0.4 is 20.9 Å². The van der Waals surface area contributed by atoms with Crippen molar-refractivity contribution in [2.24, 2.45) is 5.92 Å². The topological polar surface area (TPSA) is 96.1 Å². The van der Waals surface area contributed by atoms with Crippen LogP contribution in [-0.4, -0.2) is 22.9 Å². The maximum Gasteiger partial charge on any atom is 0.416 e. The molecule has 0 saturated carbocycles. The summed E-state index contributed by atoms with van der Waals surface area (Å²) in [6.45, 7) is 0.245. The summed E-state index contributed by atoms with van der Waals surface area (Å²) in [4.78, 5) is 31.5. The molecule has 38 heavy (non-hydrogen) atoms. The molecule has 2 aromatic carbocycles. The van der Waals surface area contributed by atoms with E-state index in [1.165, 1.54) is 6.07 Å². The third-order valence-electron chi connectivity index (χ3n) is 6.57. The minimum Gasteiger partial charge on any atom is -0.457 e. The van der Waals surface area contributed by atoms with Gasteiger partial charge in [0.05, 0.1) is 10.9 Å². The molecule has 3 N–H and O–H groups in total. The van der Waals surface area contributed by atoms with Crippen molar-refractivity contribution in [3.8, 4) is 11.5 Å². The Hall–Kier alpha value is -4.18. The SMILES string of the molecule is CNCc1cc(NC(=O)[C@H]2CCc3ccc(Oc4ccnc5[nH]c(=O)ccc45)cc3C2)cc(C(F)(F)F)c1. The predicted octanol–water partition coefficient (Wildman–Crippen LogP) is 5.20.